The van der Waals surface area contributed by atoms with E-state index < -0.39 is 39.1 Å². The van der Waals surface area contributed by atoms with Crippen LogP contribution in [-0.2, 0) is 26.6 Å². The minimum absolute atomic E-state index is 0.120. The first-order chi connectivity index (χ1) is 15.3. The van der Waals surface area contributed by atoms with Crippen molar-refractivity contribution in [3.8, 4) is 17.2 Å². The molecule has 174 valence electrons. The largest absolute Gasteiger partial charge is 0.456 e. The number of ether oxygens (including phenoxy) is 2. The summed E-state index contributed by atoms with van der Waals surface area (Å²) in [5, 5.41) is -0.179. The monoisotopic (exact) mass is 502 g/mol. The van der Waals surface area contributed by atoms with E-state index in [1.165, 1.54) is 24.3 Å². The molecule has 0 aliphatic heterocycles. The molecule has 0 heterocycles. The molecule has 0 N–H and O–H groups in total. The van der Waals surface area contributed by atoms with E-state index in [4.69, 9.17) is 21.1 Å². The van der Waals surface area contributed by atoms with Gasteiger partial charge in [-0.1, -0.05) is 23.7 Å². The summed E-state index contributed by atoms with van der Waals surface area (Å²) >= 11 is 6.12. The van der Waals surface area contributed by atoms with Crippen molar-refractivity contribution in [2.24, 2.45) is 0 Å². The standard InChI is InChI=1S/C22H15ClF4O5S/c1-13(28)31-17-8-15(22(25,26)27)9-18(10-17)32-21-7-6-19(11-20(21)23)33(29,30)12-14-2-4-16(24)5-3-14/h2-11H,12H2,1H3. The Morgan fingerprint density at radius 1 is 0.970 bits per heavy atom. The van der Waals surface area contributed by atoms with Gasteiger partial charge in [0.05, 0.1) is 21.2 Å². The average Bonchev–Trinajstić information content (AvgIpc) is 2.69. The summed E-state index contributed by atoms with van der Waals surface area (Å²) in [6, 6.07) is 10.8. The predicted octanol–water partition coefficient (Wildman–Crippen LogP) is 6.19. The summed E-state index contributed by atoms with van der Waals surface area (Å²) in [5.41, 5.74) is -0.763. The minimum Gasteiger partial charge on any atom is -0.456 e. The zero-order valence-electron chi connectivity index (χ0n) is 16.8. The maximum Gasteiger partial charge on any atom is 0.416 e. The van der Waals surface area contributed by atoms with Crippen molar-refractivity contribution < 1.29 is 40.2 Å². The number of hydrogen-bond acceptors (Lipinski definition) is 5. The Morgan fingerprint density at radius 3 is 2.18 bits per heavy atom. The molecular weight excluding hydrogens is 488 g/mol. The lowest BCUT2D eigenvalue weighted by Crippen LogP contribution is -2.08. The summed E-state index contributed by atoms with van der Waals surface area (Å²) in [7, 11) is -3.85. The molecule has 5 nitrogen and oxygen atoms in total. The molecule has 0 aromatic heterocycles. The van der Waals surface area contributed by atoms with Gasteiger partial charge in [-0.15, -0.1) is 0 Å². The molecule has 3 aromatic carbocycles. The van der Waals surface area contributed by atoms with Crippen LogP contribution in [0.3, 0.4) is 0 Å². The smallest absolute Gasteiger partial charge is 0.416 e. The van der Waals surface area contributed by atoms with Gasteiger partial charge < -0.3 is 9.47 Å². The van der Waals surface area contributed by atoms with Gasteiger partial charge >= 0.3 is 12.1 Å². The maximum atomic E-state index is 13.2. The second-order valence-electron chi connectivity index (χ2n) is 6.86. The molecule has 0 saturated carbocycles. The minimum atomic E-state index is -4.74. The molecule has 0 atom stereocenters. The topological polar surface area (TPSA) is 69.7 Å². The molecule has 11 heteroatoms. The number of esters is 1. The van der Waals surface area contributed by atoms with Crippen LogP contribution in [0.15, 0.2) is 65.6 Å². The van der Waals surface area contributed by atoms with E-state index in [0.717, 1.165) is 31.2 Å². The number of sulfone groups is 1. The second kappa shape index (κ2) is 9.40. The van der Waals surface area contributed by atoms with Crippen LogP contribution in [0.25, 0.3) is 0 Å². The van der Waals surface area contributed by atoms with E-state index in [1.807, 2.05) is 0 Å². The Hall–Kier alpha value is -3.11. The SMILES string of the molecule is CC(=O)Oc1cc(Oc2ccc(S(=O)(=O)Cc3ccc(F)cc3)cc2Cl)cc(C(F)(F)F)c1. The van der Waals surface area contributed by atoms with Gasteiger partial charge in [0.1, 0.15) is 23.1 Å². The van der Waals surface area contributed by atoms with E-state index in [-0.39, 0.29) is 27.2 Å². The van der Waals surface area contributed by atoms with Crippen LogP contribution in [0, 0.1) is 5.82 Å². The van der Waals surface area contributed by atoms with Crippen LogP contribution >= 0.6 is 11.6 Å². The van der Waals surface area contributed by atoms with Gasteiger partial charge in [0.2, 0.25) is 0 Å². The number of hydrogen-bond donors (Lipinski definition) is 0. The molecule has 0 amide bonds. The molecule has 33 heavy (non-hydrogen) atoms. The van der Waals surface area contributed by atoms with E-state index >= 15 is 0 Å². The molecule has 0 spiro atoms. The summed E-state index contributed by atoms with van der Waals surface area (Å²) in [6.45, 7) is 1.03. The molecule has 3 rings (SSSR count). The third kappa shape index (κ3) is 6.45. The molecule has 0 aliphatic rings. The number of carbonyl (C=O) groups is 1. The lowest BCUT2D eigenvalue weighted by atomic mass is 10.2. The van der Waals surface area contributed by atoms with Crippen LogP contribution in [0.2, 0.25) is 5.02 Å². The zero-order valence-corrected chi connectivity index (χ0v) is 18.4. The number of carbonyl (C=O) groups excluding carboxylic acids is 1. The number of halogens is 5. The quantitative estimate of drug-likeness (QED) is 0.228. The van der Waals surface area contributed by atoms with E-state index in [1.54, 1.807) is 0 Å². The van der Waals surface area contributed by atoms with Crippen molar-refractivity contribution in [3.63, 3.8) is 0 Å². The molecule has 0 bridgehead atoms. The third-order valence-corrected chi connectivity index (χ3v) is 6.21. The molecule has 0 aliphatic carbocycles. The second-order valence-corrected chi connectivity index (χ2v) is 9.26. The number of alkyl halides is 3. The Morgan fingerprint density at radius 2 is 1.61 bits per heavy atom. The highest BCUT2D eigenvalue weighted by atomic mass is 35.5. The van der Waals surface area contributed by atoms with Crippen LogP contribution < -0.4 is 9.47 Å². The zero-order chi connectivity index (χ0) is 24.4. The fourth-order valence-corrected chi connectivity index (χ4v) is 4.44. The molecule has 0 radical (unpaired) electrons. The average molecular weight is 503 g/mol. The van der Waals surface area contributed by atoms with Crippen molar-refractivity contribution >= 4 is 27.4 Å². The van der Waals surface area contributed by atoms with E-state index in [0.29, 0.717) is 17.7 Å². The van der Waals surface area contributed by atoms with Gasteiger partial charge in [-0.3, -0.25) is 4.79 Å². The number of benzene rings is 3. The fourth-order valence-electron chi connectivity index (χ4n) is 2.79. The van der Waals surface area contributed by atoms with Crippen molar-refractivity contribution in [1.82, 2.24) is 0 Å². The predicted molar refractivity (Wildman–Crippen MR) is 112 cm³/mol. The Balaban J connectivity index is 1.88. The van der Waals surface area contributed by atoms with Gasteiger partial charge in [0, 0.05) is 13.0 Å². The Bertz CT molecular complexity index is 1290. The molecule has 0 unspecified atom stereocenters. The van der Waals surface area contributed by atoms with Gasteiger partial charge in [-0.25, -0.2) is 12.8 Å². The highest BCUT2D eigenvalue weighted by Gasteiger charge is 2.32. The lowest BCUT2D eigenvalue weighted by molar-refractivity contribution is -0.138. The highest BCUT2D eigenvalue weighted by Crippen LogP contribution is 2.38. The molecule has 0 saturated heterocycles. The maximum absolute atomic E-state index is 13.2. The van der Waals surface area contributed by atoms with Gasteiger partial charge in [0.25, 0.3) is 0 Å². The summed E-state index contributed by atoms with van der Waals surface area (Å²) in [5.74, 6) is -2.58. The van der Waals surface area contributed by atoms with Crippen molar-refractivity contribution in [1.29, 1.82) is 0 Å². The van der Waals surface area contributed by atoms with E-state index in [2.05, 4.69) is 0 Å². The normalized spacial score (nSPS) is 11.8. The van der Waals surface area contributed by atoms with Gasteiger partial charge in [0.15, 0.2) is 9.84 Å². The van der Waals surface area contributed by atoms with Crippen LogP contribution in [-0.4, -0.2) is 14.4 Å². The van der Waals surface area contributed by atoms with Crippen molar-refractivity contribution in [2.75, 3.05) is 0 Å². The van der Waals surface area contributed by atoms with E-state index in [9.17, 15) is 30.8 Å². The number of rotatable bonds is 6. The van der Waals surface area contributed by atoms with Crippen molar-refractivity contribution in [3.05, 3.63) is 82.6 Å². The van der Waals surface area contributed by atoms with Crippen molar-refractivity contribution in [2.45, 2.75) is 23.7 Å². The molecular formula is C22H15ClF4O5S. The van der Waals surface area contributed by atoms with Gasteiger partial charge in [-0.2, -0.15) is 13.2 Å². The fraction of sp³-hybridized carbons (Fsp3) is 0.136. The van der Waals surface area contributed by atoms with Crippen LogP contribution in [0.4, 0.5) is 17.6 Å². The highest BCUT2D eigenvalue weighted by molar-refractivity contribution is 7.90. The summed E-state index contributed by atoms with van der Waals surface area (Å²) < 4.78 is 88.0. The third-order valence-electron chi connectivity index (χ3n) is 4.23. The lowest BCUT2D eigenvalue weighted by Gasteiger charge is -2.14. The first-order valence-electron chi connectivity index (χ1n) is 9.19. The Kier molecular flexibility index (Phi) is 6.99. The van der Waals surface area contributed by atoms with Crippen LogP contribution in [0.1, 0.15) is 18.1 Å². The molecule has 3 aromatic rings. The van der Waals surface area contributed by atoms with Crippen LogP contribution in [0.5, 0.6) is 17.2 Å². The Labute approximate surface area is 191 Å². The molecule has 0 fully saturated rings. The first-order valence-corrected chi connectivity index (χ1v) is 11.2. The first kappa shape index (κ1) is 24.5. The summed E-state index contributed by atoms with van der Waals surface area (Å²) in [4.78, 5) is 11.0. The van der Waals surface area contributed by atoms with Gasteiger partial charge in [-0.05, 0) is 48.0 Å². The summed E-state index contributed by atoms with van der Waals surface area (Å²) in [6.07, 6.45) is -4.74.